The van der Waals surface area contributed by atoms with Gasteiger partial charge in [-0.05, 0) is 0 Å². The number of aliphatic hydroxyl groups is 2. The Hall–Kier alpha value is -0.690. The predicted molar refractivity (Wildman–Crippen MR) is 50.6 cm³/mol. The van der Waals surface area contributed by atoms with E-state index < -0.39 is 6.04 Å². The molecule has 0 rings (SSSR count). The van der Waals surface area contributed by atoms with Gasteiger partial charge in [0.05, 0.1) is 31.8 Å². The third kappa shape index (κ3) is 5.13. The zero-order valence-corrected chi connectivity index (χ0v) is 8.27. The molecule has 0 aliphatic carbocycles. The summed E-state index contributed by atoms with van der Waals surface area (Å²) in [6, 6.07) is -0.613. The van der Waals surface area contributed by atoms with Gasteiger partial charge < -0.3 is 26.0 Å². The van der Waals surface area contributed by atoms with Gasteiger partial charge in [-0.3, -0.25) is 4.79 Å². The van der Waals surface area contributed by atoms with E-state index in [-0.39, 0.29) is 38.2 Å². The Kier molecular flexibility index (Phi) is 7.31. The van der Waals surface area contributed by atoms with Crippen LogP contribution in [0.1, 0.15) is 6.42 Å². The number of nitrogens with one attached hydrogen (secondary N) is 1. The number of aliphatic hydroxyl groups excluding tert-OH is 2. The number of carbonyl (C=O) groups is 1. The molecular weight excluding hydrogens is 188 g/mol. The van der Waals surface area contributed by atoms with Crippen LogP contribution in [0.5, 0.6) is 0 Å². The number of ether oxygens (including phenoxy) is 1. The smallest absolute Gasteiger partial charge is 0.223 e. The van der Waals surface area contributed by atoms with Gasteiger partial charge in [-0.25, -0.2) is 0 Å². The highest BCUT2D eigenvalue weighted by Gasteiger charge is 2.14. The Balaban J connectivity index is 3.83. The fourth-order valence-corrected chi connectivity index (χ4v) is 0.905. The molecular formula is C8H18N2O4. The van der Waals surface area contributed by atoms with Crippen molar-refractivity contribution in [2.24, 2.45) is 5.73 Å². The van der Waals surface area contributed by atoms with Gasteiger partial charge in [0.1, 0.15) is 0 Å². The van der Waals surface area contributed by atoms with Crippen molar-refractivity contribution in [3.8, 4) is 0 Å². The van der Waals surface area contributed by atoms with Crippen LogP contribution >= 0.6 is 0 Å². The summed E-state index contributed by atoms with van der Waals surface area (Å²) in [6.07, 6.45) is -0.197. The Morgan fingerprint density at radius 1 is 1.50 bits per heavy atom. The fourth-order valence-electron chi connectivity index (χ4n) is 0.905. The molecule has 0 aliphatic heterocycles. The van der Waals surface area contributed by atoms with Crippen LogP contribution in [-0.2, 0) is 9.53 Å². The molecule has 0 radical (unpaired) electrons. The van der Waals surface area contributed by atoms with Gasteiger partial charge in [-0.2, -0.15) is 0 Å². The summed E-state index contributed by atoms with van der Waals surface area (Å²) in [5.74, 6) is -0.296. The van der Waals surface area contributed by atoms with Crippen molar-refractivity contribution in [1.82, 2.24) is 5.32 Å². The largest absolute Gasteiger partial charge is 0.394 e. The van der Waals surface area contributed by atoms with Gasteiger partial charge in [0.15, 0.2) is 0 Å². The second kappa shape index (κ2) is 7.69. The minimum absolute atomic E-state index is 0.128. The molecule has 1 atom stereocenters. The van der Waals surface area contributed by atoms with Gasteiger partial charge in [0, 0.05) is 13.7 Å². The number of carbonyl (C=O) groups excluding carboxylic acids is 1. The van der Waals surface area contributed by atoms with E-state index in [0.717, 1.165) is 0 Å². The summed E-state index contributed by atoms with van der Waals surface area (Å²) in [5, 5.41) is 19.8. The summed E-state index contributed by atoms with van der Waals surface area (Å²) >= 11 is 0. The SMILES string of the molecule is COC(CN)CC(=O)NC(CO)CO. The maximum Gasteiger partial charge on any atom is 0.223 e. The van der Waals surface area contributed by atoms with Crippen molar-refractivity contribution >= 4 is 5.91 Å². The second-order valence-electron chi connectivity index (χ2n) is 2.93. The Labute approximate surface area is 83.0 Å². The van der Waals surface area contributed by atoms with E-state index in [1.807, 2.05) is 0 Å². The van der Waals surface area contributed by atoms with E-state index in [9.17, 15) is 4.79 Å². The summed E-state index contributed by atoms with van der Waals surface area (Å²) in [7, 11) is 1.47. The van der Waals surface area contributed by atoms with Crippen LogP contribution in [0.15, 0.2) is 0 Å². The van der Waals surface area contributed by atoms with Crippen LogP contribution in [0, 0.1) is 0 Å². The van der Waals surface area contributed by atoms with E-state index >= 15 is 0 Å². The Bertz CT molecular complexity index is 141. The Morgan fingerprint density at radius 2 is 2.07 bits per heavy atom. The topological polar surface area (TPSA) is 105 Å². The zero-order chi connectivity index (χ0) is 11.0. The van der Waals surface area contributed by atoms with E-state index in [0.29, 0.717) is 0 Å². The molecule has 0 aliphatic rings. The number of hydrogen-bond acceptors (Lipinski definition) is 5. The third-order valence-electron chi connectivity index (χ3n) is 1.82. The molecule has 0 saturated heterocycles. The highest BCUT2D eigenvalue weighted by Crippen LogP contribution is 1.95. The van der Waals surface area contributed by atoms with E-state index in [1.54, 1.807) is 0 Å². The molecule has 6 nitrogen and oxygen atoms in total. The van der Waals surface area contributed by atoms with Crippen molar-refractivity contribution in [3.63, 3.8) is 0 Å². The lowest BCUT2D eigenvalue weighted by Crippen LogP contribution is -2.42. The van der Waals surface area contributed by atoms with Crippen LogP contribution in [0.3, 0.4) is 0 Å². The summed E-state index contributed by atoms with van der Waals surface area (Å²) < 4.78 is 4.91. The minimum Gasteiger partial charge on any atom is -0.394 e. The number of amides is 1. The maximum atomic E-state index is 11.2. The van der Waals surface area contributed by atoms with Crippen LogP contribution in [0.4, 0.5) is 0 Å². The first-order chi connectivity index (χ1) is 6.67. The molecule has 0 heterocycles. The van der Waals surface area contributed by atoms with Crippen LogP contribution in [0.2, 0.25) is 0 Å². The van der Waals surface area contributed by atoms with E-state index in [2.05, 4.69) is 5.32 Å². The first kappa shape index (κ1) is 13.3. The minimum atomic E-state index is -0.613. The lowest BCUT2D eigenvalue weighted by atomic mass is 10.2. The van der Waals surface area contributed by atoms with E-state index in [1.165, 1.54) is 7.11 Å². The lowest BCUT2D eigenvalue weighted by molar-refractivity contribution is -0.124. The van der Waals surface area contributed by atoms with Crippen LogP contribution in [0.25, 0.3) is 0 Å². The van der Waals surface area contributed by atoms with E-state index in [4.69, 9.17) is 20.7 Å². The number of rotatable bonds is 7. The van der Waals surface area contributed by atoms with Crippen molar-refractivity contribution in [2.75, 3.05) is 26.9 Å². The summed E-state index contributed by atoms with van der Waals surface area (Å²) in [6.45, 7) is -0.322. The molecule has 6 heteroatoms. The molecule has 1 amide bonds. The lowest BCUT2D eigenvalue weighted by Gasteiger charge is -2.16. The Morgan fingerprint density at radius 3 is 2.43 bits per heavy atom. The summed E-state index contributed by atoms with van der Waals surface area (Å²) in [5.41, 5.74) is 5.32. The van der Waals surface area contributed by atoms with Gasteiger partial charge in [-0.1, -0.05) is 0 Å². The molecule has 0 aromatic rings. The van der Waals surface area contributed by atoms with Crippen LogP contribution < -0.4 is 11.1 Å². The van der Waals surface area contributed by atoms with Gasteiger partial charge in [0.2, 0.25) is 5.91 Å². The van der Waals surface area contributed by atoms with Gasteiger partial charge >= 0.3 is 0 Å². The molecule has 0 saturated carbocycles. The van der Waals surface area contributed by atoms with Crippen LogP contribution in [-0.4, -0.2) is 55.1 Å². The number of hydrogen-bond donors (Lipinski definition) is 4. The molecule has 0 spiro atoms. The van der Waals surface area contributed by atoms with Crippen molar-refractivity contribution in [3.05, 3.63) is 0 Å². The first-order valence-electron chi connectivity index (χ1n) is 4.41. The highest BCUT2D eigenvalue weighted by atomic mass is 16.5. The summed E-state index contributed by atoms with van der Waals surface area (Å²) in [4.78, 5) is 11.2. The second-order valence-corrected chi connectivity index (χ2v) is 2.93. The van der Waals surface area contributed by atoms with Gasteiger partial charge in [-0.15, -0.1) is 0 Å². The fraction of sp³-hybridized carbons (Fsp3) is 0.875. The van der Waals surface area contributed by atoms with Gasteiger partial charge in [0.25, 0.3) is 0 Å². The molecule has 5 N–H and O–H groups in total. The average Bonchev–Trinajstić information content (AvgIpc) is 2.22. The molecule has 1 unspecified atom stereocenters. The highest BCUT2D eigenvalue weighted by molar-refractivity contribution is 5.76. The normalized spacial score (nSPS) is 12.9. The molecule has 84 valence electrons. The average molecular weight is 206 g/mol. The molecule has 0 aromatic heterocycles. The molecule has 0 fully saturated rings. The van der Waals surface area contributed by atoms with Crippen molar-refractivity contribution in [2.45, 2.75) is 18.6 Å². The molecule has 0 aromatic carbocycles. The first-order valence-corrected chi connectivity index (χ1v) is 4.41. The maximum absolute atomic E-state index is 11.2. The quantitative estimate of drug-likeness (QED) is 0.379. The monoisotopic (exact) mass is 206 g/mol. The predicted octanol–water partition coefficient (Wildman–Crippen LogP) is -2.18. The standard InChI is InChI=1S/C8H18N2O4/c1-14-7(3-9)2-8(13)10-6(4-11)5-12/h6-7,11-12H,2-5,9H2,1H3,(H,10,13). The zero-order valence-electron chi connectivity index (χ0n) is 8.27. The van der Waals surface area contributed by atoms with Crippen molar-refractivity contribution < 1.29 is 19.7 Å². The van der Waals surface area contributed by atoms with Crippen molar-refractivity contribution in [1.29, 1.82) is 0 Å². The third-order valence-corrected chi connectivity index (χ3v) is 1.82. The number of nitrogens with two attached hydrogens (primary N) is 1. The number of methoxy groups -OCH3 is 1. The molecule has 14 heavy (non-hydrogen) atoms. The molecule has 0 bridgehead atoms.